The van der Waals surface area contributed by atoms with E-state index in [1.807, 2.05) is 31.7 Å². The van der Waals surface area contributed by atoms with E-state index in [1.165, 1.54) is 5.52 Å². The Morgan fingerprint density at radius 3 is 2.64 bits per heavy atom. The molecule has 0 amide bonds. The van der Waals surface area contributed by atoms with Gasteiger partial charge in [-0.05, 0) is 51.1 Å². The van der Waals surface area contributed by atoms with Gasteiger partial charge in [0.05, 0.1) is 16.9 Å². The van der Waals surface area contributed by atoms with Gasteiger partial charge in [0, 0.05) is 13.2 Å². The number of nitrogens with zero attached hydrogens (tertiary/aromatic N) is 2. The number of hydrogen-bond donors (Lipinski definition) is 0. The Balaban J connectivity index is 1.77. The van der Waals surface area contributed by atoms with Gasteiger partial charge in [0.2, 0.25) is 0 Å². The molecule has 0 aliphatic heterocycles. The largest absolute Gasteiger partial charge is 0.397 e. The fourth-order valence-corrected chi connectivity index (χ4v) is 5.47. The molecular formula is C16H26N2O2SSi. The molecule has 0 bridgehead atoms. The molecular weight excluding hydrogens is 312 g/mol. The predicted octanol–water partition coefficient (Wildman–Crippen LogP) is 3.72. The molecule has 0 N–H and O–H groups in total. The summed E-state index contributed by atoms with van der Waals surface area (Å²) in [5.74, 6) is 3.18. The molecule has 2 rings (SSSR count). The van der Waals surface area contributed by atoms with Crippen molar-refractivity contribution in [2.24, 2.45) is 0 Å². The lowest BCUT2D eigenvalue weighted by Crippen LogP contribution is -2.22. The summed E-state index contributed by atoms with van der Waals surface area (Å²) >= 11 is 1.95. The lowest BCUT2D eigenvalue weighted by molar-refractivity contribution is 0.213. The Morgan fingerprint density at radius 1 is 1.18 bits per heavy atom. The van der Waals surface area contributed by atoms with Crippen LogP contribution < -0.4 is 0 Å². The summed E-state index contributed by atoms with van der Waals surface area (Å²) < 4.78 is 13.7. The molecule has 0 spiro atoms. The van der Waals surface area contributed by atoms with Gasteiger partial charge in [0.25, 0.3) is 0 Å². The third kappa shape index (κ3) is 4.84. The van der Waals surface area contributed by atoms with Crippen LogP contribution in [-0.2, 0) is 14.7 Å². The highest BCUT2D eigenvalue weighted by Gasteiger charge is 2.11. The summed E-state index contributed by atoms with van der Waals surface area (Å²) in [7, 11) is -1.42. The molecule has 0 unspecified atom stereocenters. The average molecular weight is 339 g/mol. The molecule has 0 atom stereocenters. The van der Waals surface area contributed by atoms with Crippen LogP contribution in [0.1, 0.15) is 26.1 Å². The summed E-state index contributed by atoms with van der Waals surface area (Å²) in [6.45, 7) is 7.70. The first-order valence-electron chi connectivity index (χ1n) is 7.99. The van der Waals surface area contributed by atoms with Crippen molar-refractivity contribution in [3.05, 3.63) is 30.1 Å². The first kappa shape index (κ1) is 17.5. The minimum Gasteiger partial charge on any atom is -0.397 e. The van der Waals surface area contributed by atoms with Gasteiger partial charge in [-0.3, -0.25) is 0 Å². The molecule has 0 fully saturated rings. The molecule has 122 valence electrons. The first-order valence-corrected chi connectivity index (χ1v) is 10.9. The third-order valence-corrected chi connectivity index (χ3v) is 6.81. The van der Waals surface area contributed by atoms with Gasteiger partial charge in [-0.15, -0.1) is 11.8 Å². The van der Waals surface area contributed by atoms with E-state index in [0.717, 1.165) is 48.6 Å². The smallest absolute Gasteiger partial charge is 0.321 e. The summed E-state index contributed by atoms with van der Waals surface area (Å²) in [6.07, 6.45) is 1.16. The maximum Gasteiger partial charge on any atom is 0.321 e. The highest BCUT2D eigenvalue weighted by atomic mass is 32.2. The van der Waals surface area contributed by atoms with Gasteiger partial charge in [-0.25, -0.2) is 4.98 Å². The minimum absolute atomic E-state index is 0.768. The molecule has 0 saturated heterocycles. The van der Waals surface area contributed by atoms with Gasteiger partial charge in [-0.2, -0.15) is 0 Å². The second kappa shape index (κ2) is 9.35. The highest BCUT2D eigenvalue weighted by molar-refractivity contribution is 7.98. The first-order chi connectivity index (χ1) is 10.8. The topological polar surface area (TPSA) is 36.3 Å². The van der Waals surface area contributed by atoms with Crippen LogP contribution in [0.3, 0.4) is 0 Å². The molecule has 1 aromatic carbocycles. The van der Waals surface area contributed by atoms with E-state index in [-0.39, 0.29) is 0 Å². The van der Waals surface area contributed by atoms with Crippen molar-refractivity contribution >= 4 is 32.1 Å². The van der Waals surface area contributed by atoms with Crippen LogP contribution in [-0.4, -0.2) is 37.8 Å². The van der Waals surface area contributed by atoms with E-state index in [0.29, 0.717) is 0 Å². The number of rotatable bonds is 10. The number of para-hydroxylation sites is 2. The Morgan fingerprint density at radius 2 is 1.91 bits per heavy atom. The maximum atomic E-state index is 5.70. The number of imidazole rings is 1. The van der Waals surface area contributed by atoms with E-state index in [4.69, 9.17) is 8.85 Å². The number of fused-ring (bicyclic) bond motifs is 1. The molecule has 0 radical (unpaired) electrons. The lowest BCUT2D eigenvalue weighted by atomic mass is 10.3. The fraction of sp³-hybridized carbons (Fsp3) is 0.562. The van der Waals surface area contributed by atoms with Crippen LogP contribution in [0, 0.1) is 6.92 Å². The zero-order chi connectivity index (χ0) is 15.8. The monoisotopic (exact) mass is 338 g/mol. The molecule has 6 heteroatoms. The number of aryl methyl sites for hydroxylation is 1. The van der Waals surface area contributed by atoms with E-state index in [1.54, 1.807) is 0 Å². The Bertz CT molecular complexity index is 570. The molecule has 0 aliphatic carbocycles. The summed E-state index contributed by atoms with van der Waals surface area (Å²) in [4.78, 5) is 4.61. The van der Waals surface area contributed by atoms with Crippen molar-refractivity contribution in [1.29, 1.82) is 0 Å². The zero-order valence-electron chi connectivity index (χ0n) is 13.7. The van der Waals surface area contributed by atoms with Crippen LogP contribution in [0.5, 0.6) is 0 Å². The Kier molecular flexibility index (Phi) is 7.45. The van der Waals surface area contributed by atoms with Crippen LogP contribution in [0.25, 0.3) is 11.0 Å². The van der Waals surface area contributed by atoms with Crippen LogP contribution in [0.4, 0.5) is 0 Å². The van der Waals surface area contributed by atoms with Crippen molar-refractivity contribution in [3.63, 3.8) is 0 Å². The van der Waals surface area contributed by atoms with Gasteiger partial charge >= 0.3 is 9.28 Å². The van der Waals surface area contributed by atoms with Gasteiger partial charge in [0.1, 0.15) is 5.82 Å². The van der Waals surface area contributed by atoms with E-state index in [9.17, 15) is 0 Å². The number of hydrogen-bond acceptors (Lipinski definition) is 4. The van der Waals surface area contributed by atoms with Crippen LogP contribution in [0.15, 0.2) is 24.3 Å². The lowest BCUT2D eigenvalue weighted by Gasteiger charge is -2.14. The van der Waals surface area contributed by atoms with E-state index in [2.05, 4.69) is 34.7 Å². The molecule has 1 aromatic heterocycles. The standard InChI is InChI=1S/C16H26N2O2SSi/c1-4-19-22(20-5-2)12-8-11-21-13-18-14(3)17-15-9-6-7-10-16(15)18/h6-7,9-10,22H,4-5,8,11-13H2,1-3H3. The highest BCUT2D eigenvalue weighted by Crippen LogP contribution is 2.19. The summed E-state index contributed by atoms with van der Waals surface area (Å²) in [6, 6.07) is 9.43. The molecule has 22 heavy (non-hydrogen) atoms. The zero-order valence-corrected chi connectivity index (χ0v) is 15.7. The quantitative estimate of drug-likeness (QED) is 0.489. The molecule has 2 aromatic rings. The Hall–Kier alpha value is -0.823. The Labute approximate surface area is 139 Å². The third-order valence-electron chi connectivity index (χ3n) is 3.50. The predicted molar refractivity (Wildman–Crippen MR) is 96.8 cm³/mol. The van der Waals surface area contributed by atoms with Crippen molar-refractivity contribution in [1.82, 2.24) is 9.55 Å². The number of benzene rings is 1. The van der Waals surface area contributed by atoms with Crippen LogP contribution in [0.2, 0.25) is 6.04 Å². The van der Waals surface area contributed by atoms with Crippen molar-refractivity contribution in [3.8, 4) is 0 Å². The van der Waals surface area contributed by atoms with Crippen LogP contribution >= 0.6 is 11.8 Å². The van der Waals surface area contributed by atoms with Crippen molar-refractivity contribution < 1.29 is 8.85 Å². The van der Waals surface area contributed by atoms with Gasteiger partial charge in [0.15, 0.2) is 0 Å². The number of aromatic nitrogens is 2. The van der Waals surface area contributed by atoms with E-state index < -0.39 is 9.28 Å². The van der Waals surface area contributed by atoms with E-state index >= 15 is 0 Å². The summed E-state index contributed by atoms with van der Waals surface area (Å²) in [5, 5.41) is 0. The van der Waals surface area contributed by atoms with Gasteiger partial charge < -0.3 is 13.4 Å². The normalized spacial score (nSPS) is 11.6. The van der Waals surface area contributed by atoms with Crippen molar-refractivity contribution in [2.45, 2.75) is 39.1 Å². The second-order valence-corrected chi connectivity index (χ2v) is 8.27. The number of thioether (sulfide) groups is 1. The maximum absolute atomic E-state index is 5.70. The minimum atomic E-state index is -1.42. The molecule has 0 aliphatic rings. The van der Waals surface area contributed by atoms with Gasteiger partial charge in [-0.1, -0.05) is 12.1 Å². The SMILES string of the molecule is CCO[SiH](CCCSCn1c(C)nc2ccccc21)OCC. The van der Waals surface area contributed by atoms with Crippen molar-refractivity contribution in [2.75, 3.05) is 19.0 Å². The average Bonchev–Trinajstić information content (AvgIpc) is 2.83. The second-order valence-electron chi connectivity index (χ2n) is 5.10. The fourth-order valence-electron chi connectivity index (χ4n) is 2.45. The molecule has 1 heterocycles. The molecule has 0 saturated carbocycles. The molecule has 4 nitrogen and oxygen atoms in total. The summed E-state index contributed by atoms with van der Waals surface area (Å²) in [5.41, 5.74) is 2.31.